The van der Waals surface area contributed by atoms with Crippen molar-refractivity contribution in [3.8, 4) is 0 Å². The number of aromatic nitrogens is 4. The highest BCUT2D eigenvalue weighted by Gasteiger charge is 2.31. The molecular formula is C11H21N5S. The zero-order valence-electron chi connectivity index (χ0n) is 10.6. The standard InChI is InChI=1S/C11H21N5S/c1-3-12-8-11-13-14-15-16(11)9-6-5-7-10(9)17-4-2/h9-10,12H,3-8H2,1-2H3. The summed E-state index contributed by atoms with van der Waals surface area (Å²) in [5.41, 5.74) is 0. The summed E-state index contributed by atoms with van der Waals surface area (Å²) >= 11 is 2.04. The van der Waals surface area contributed by atoms with E-state index >= 15 is 0 Å². The van der Waals surface area contributed by atoms with Crippen LogP contribution in [-0.4, -0.2) is 37.8 Å². The number of tetrazole rings is 1. The maximum absolute atomic E-state index is 4.19. The van der Waals surface area contributed by atoms with Crippen molar-refractivity contribution < 1.29 is 0 Å². The Labute approximate surface area is 107 Å². The summed E-state index contributed by atoms with van der Waals surface area (Å²) in [6.45, 7) is 6.03. The van der Waals surface area contributed by atoms with Crippen LogP contribution in [0.25, 0.3) is 0 Å². The minimum absolute atomic E-state index is 0.489. The summed E-state index contributed by atoms with van der Waals surface area (Å²) < 4.78 is 2.04. The van der Waals surface area contributed by atoms with Crippen molar-refractivity contribution in [2.45, 2.75) is 50.9 Å². The van der Waals surface area contributed by atoms with E-state index in [0.717, 1.165) is 18.9 Å². The van der Waals surface area contributed by atoms with Crippen LogP contribution in [0.4, 0.5) is 0 Å². The van der Waals surface area contributed by atoms with Gasteiger partial charge in [0.05, 0.1) is 12.6 Å². The Balaban J connectivity index is 2.07. The molecule has 1 aromatic heterocycles. The molecule has 1 aliphatic rings. The van der Waals surface area contributed by atoms with E-state index in [4.69, 9.17) is 0 Å². The third-order valence-electron chi connectivity index (χ3n) is 3.21. The topological polar surface area (TPSA) is 55.6 Å². The lowest BCUT2D eigenvalue weighted by Gasteiger charge is -2.19. The zero-order valence-corrected chi connectivity index (χ0v) is 11.4. The van der Waals surface area contributed by atoms with E-state index < -0.39 is 0 Å². The molecule has 0 aliphatic heterocycles. The molecule has 6 heteroatoms. The van der Waals surface area contributed by atoms with Crippen molar-refractivity contribution >= 4 is 11.8 Å². The van der Waals surface area contributed by atoms with E-state index in [1.807, 2.05) is 16.4 Å². The molecule has 1 N–H and O–H groups in total. The molecule has 0 saturated heterocycles. The predicted molar refractivity (Wildman–Crippen MR) is 70.0 cm³/mol. The smallest absolute Gasteiger partial charge is 0.165 e. The van der Waals surface area contributed by atoms with Gasteiger partial charge in [0.2, 0.25) is 0 Å². The molecule has 0 radical (unpaired) electrons. The number of thioether (sulfide) groups is 1. The Morgan fingerprint density at radius 1 is 1.41 bits per heavy atom. The van der Waals surface area contributed by atoms with Gasteiger partial charge in [0.15, 0.2) is 5.82 Å². The molecule has 2 unspecified atom stereocenters. The van der Waals surface area contributed by atoms with Crippen molar-refractivity contribution in [2.24, 2.45) is 0 Å². The van der Waals surface area contributed by atoms with Crippen LogP contribution >= 0.6 is 11.8 Å². The number of nitrogens with zero attached hydrogens (tertiary/aromatic N) is 4. The highest BCUT2D eigenvalue weighted by molar-refractivity contribution is 7.99. The van der Waals surface area contributed by atoms with Gasteiger partial charge in [-0.05, 0) is 35.6 Å². The average molecular weight is 255 g/mol. The van der Waals surface area contributed by atoms with E-state index in [-0.39, 0.29) is 0 Å². The molecule has 1 fully saturated rings. The van der Waals surface area contributed by atoms with Crippen LogP contribution in [0.3, 0.4) is 0 Å². The van der Waals surface area contributed by atoms with Crippen LogP contribution < -0.4 is 5.32 Å². The maximum Gasteiger partial charge on any atom is 0.165 e. The Bertz CT molecular complexity index is 340. The van der Waals surface area contributed by atoms with Gasteiger partial charge in [0, 0.05) is 5.25 Å². The lowest BCUT2D eigenvalue weighted by Crippen LogP contribution is -2.23. The summed E-state index contributed by atoms with van der Waals surface area (Å²) in [7, 11) is 0. The van der Waals surface area contributed by atoms with Gasteiger partial charge in [0.1, 0.15) is 0 Å². The lowest BCUT2D eigenvalue weighted by atomic mass is 10.2. The summed E-state index contributed by atoms with van der Waals surface area (Å²) in [6.07, 6.45) is 3.80. The molecule has 17 heavy (non-hydrogen) atoms. The number of nitrogens with one attached hydrogen (secondary N) is 1. The monoisotopic (exact) mass is 255 g/mol. The third-order valence-corrected chi connectivity index (χ3v) is 4.52. The predicted octanol–water partition coefficient (Wildman–Crippen LogP) is 1.63. The highest BCUT2D eigenvalue weighted by Crippen LogP contribution is 2.38. The zero-order chi connectivity index (χ0) is 12.1. The van der Waals surface area contributed by atoms with E-state index in [1.54, 1.807) is 0 Å². The third kappa shape index (κ3) is 2.98. The van der Waals surface area contributed by atoms with Crippen molar-refractivity contribution in [3.05, 3.63) is 5.82 Å². The molecule has 0 bridgehead atoms. The quantitative estimate of drug-likeness (QED) is 0.837. The van der Waals surface area contributed by atoms with Crippen LogP contribution in [0.2, 0.25) is 0 Å². The normalized spacial score (nSPS) is 24.4. The lowest BCUT2D eigenvalue weighted by molar-refractivity contribution is 0.438. The first-order chi connectivity index (χ1) is 8.36. The fraction of sp³-hybridized carbons (Fsp3) is 0.909. The van der Waals surface area contributed by atoms with Crippen molar-refractivity contribution in [3.63, 3.8) is 0 Å². The Morgan fingerprint density at radius 3 is 3.06 bits per heavy atom. The van der Waals surface area contributed by atoms with E-state index in [2.05, 4.69) is 34.7 Å². The van der Waals surface area contributed by atoms with Crippen LogP contribution in [0, 0.1) is 0 Å². The van der Waals surface area contributed by atoms with Gasteiger partial charge in [-0.15, -0.1) is 5.10 Å². The molecule has 96 valence electrons. The largest absolute Gasteiger partial charge is 0.310 e. The Morgan fingerprint density at radius 2 is 2.29 bits per heavy atom. The van der Waals surface area contributed by atoms with Crippen LogP contribution in [0.5, 0.6) is 0 Å². The Hall–Kier alpha value is -0.620. The molecule has 2 atom stereocenters. The fourth-order valence-corrected chi connectivity index (χ4v) is 3.65. The number of hydrogen-bond acceptors (Lipinski definition) is 5. The van der Waals surface area contributed by atoms with E-state index in [9.17, 15) is 0 Å². The SMILES string of the molecule is CCNCc1nnnn1C1CCCC1SCC. The van der Waals surface area contributed by atoms with Gasteiger partial charge in [-0.25, -0.2) is 4.68 Å². The summed E-state index contributed by atoms with van der Waals surface area (Å²) in [4.78, 5) is 0. The van der Waals surface area contributed by atoms with Gasteiger partial charge in [0.25, 0.3) is 0 Å². The van der Waals surface area contributed by atoms with Crippen molar-refractivity contribution in [1.29, 1.82) is 0 Å². The number of hydrogen-bond donors (Lipinski definition) is 1. The van der Waals surface area contributed by atoms with Crippen molar-refractivity contribution in [1.82, 2.24) is 25.5 Å². The minimum Gasteiger partial charge on any atom is -0.310 e. The number of rotatable bonds is 6. The second-order valence-corrected chi connectivity index (χ2v) is 5.83. The highest BCUT2D eigenvalue weighted by atomic mass is 32.2. The molecule has 0 aromatic carbocycles. The first kappa shape index (κ1) is 12.8. The second-order valence-electron chi connectivity index (χ2n) is 4.31. The molecule has 0 spiro atoms. The minimum atomic E-state index is 0.489. The molecular weight excluding hydrogens is 234 g/mol. The van der Waals surface area contributed by atoms with Gasteiger partial charge < -0.3 is 5.32 Å². The first-order valence-electron chi connectivity index (χ1n) is 6.45. The van der Waals surface area contributed by atoms with Gasteiger partial charge in [-0.1, -0.05) is 20.3 Å². The van der Waals surface area contributed by atoms with E-state index in [1.165, 1.54) is 25.0 Å². The average Bonchev–Trinajstić information content (AvgIpc) is 2.94. The molecule has 5 nitrogen and oxygen atoms in total. The Kier molecular flexibility index (Phi) is 4.79. The maximum atomic E-state index is 4.19. The van der Waals surface area contributed by atoms with Crippen LogP contribution in [-0.2, 0) is 6.54 Å². The van der Waals surface area contributed by atoms with Crippen LogP contribution in [0.1, 0.15) is 45.0 Å². The van der Waals surface area contributed by atoms with E-state index in [0.29, 0.717) is 11.3 Å². The molecule has 1 saturated carbocycles. The molecule has 1 heterocycles. The van der Waals surface area contributed by atoms with Gasteiger partial charge >= 0.3 is 0 Å². The first-order valence-corrected chi connectivity index (χ1v) is 7.50. The summed E-state index contributed by atoms with van der Waals surface area (Å²) in [5, 5.41) is 16.1. The van der Waals surface area contributed by atoms with Gasteiger partial charge in [-0.2, -0.15) is 11.8 Å². The molecule has 1 aromatic rings. The molecule has 0 amide bonds. The van der Waals surface area contributed by atoms with Crippen LogP contribution in [0.15, 0.2) is 0 Å². The van der Waals surface area contributed by atoms with Gasteiger partial charge in [-0.3, -0.25) is 0 Å². The summed E-state index contributed by atoms with van der Waals surface area (Å²) in [6, 6.07) is 0.489. The summed E-state index contributed by atoms with van der Waals surface area (Å²) in [5.74, 6) is 2.15. The molecule has 2 rings (SSSR count). The van der Waals surface area contributed by atoms with Crippen molar-refractivity contribution in [2.75, 3.05) is 12.3 Å². The fourth-order valence-electron chi connectivity index (χ4n) is 2.42. The molecule has 1 aliphatic carbocycles. The second kappa shape index (κ2) is 6.35.